The van der Waals surface area contributed by atoms with Crippen molar-refractivity contribution < 1.29 is 47.7 Å². The number of hydrogen-bond donors (Lipinski definition) is 0. The predicted octanol–water partition coefficient (Wildman–Crippen LogP) is 8.61. The van der Waals surface area contributed by atoms with Gasteiger partial charge < -0.3 is 23.7 Å². The van der Waals surface area contributed by atoms with Gasteiger partial charge in [-0.15, -0.1) is 0 Å². The maximum Gasteiger partial charge on any atom is 0.359 e. The van der Waals surface area contributed by atoms with E-state index in [2.05, 4.69) is 19.9 Å². The maximum absolute atomic E-state index is 14.2. The van der Waals surface area contributed by atoms with Crippen molar-refractivity contribution in [3.05, 3.63) is 214 Å². The molecule has 0 aliphatic carbocycles. The van der Waals surface area contributed by atoms with Crippen molar-refractivity contribution in [3.8, 4) is 0 Å². The van der Waals surface area contributed by atoms with Crippen molar-refractivity contribution in [1.29, 1.82) is 0 Å². The highest BCUT2D eigenvalue weighted by Gasteiger charge is 2.32. The zero-order chi connectivity index (χ0) is 47.7. The van der Waals surface area contributed by atoms with Crippen LogP contribution in [0.1, 0.15) is 86.0 Å². The molecule has 9 rings (SSSR count). The standard InChI is InChI=1S/C53H38N6O10/c1-32-38(49(60)65-27-33-17-7-2-8-18-33)55-40-39(54-32)41-43(58-46(51(62)67-29-35-21-11-4-12-22-35)45(56-41)50(61)66-28-34-19-9-3-10-20-34)44-42(40)57-47(52(63)68-30-36-23-13-5-14-24-36)48(59-44)53(64)69-31-37-25-15-6-16-26-37/h2-26H,27-31H2,1H3. The molecule has 3 heterocycles. The first-order valence-corrected chi connectivity index (χ1v) is 21.5. The van der Waals surface area contributed by atoms with Crippen molar-refractivity contribution in [3.63, 3.8) is 0 Å². The molecule has 0 aliphatic rings. The SMILES string of the molecule is Cc1nc2c(nc1C(=O)OCc1ccccc1)c1nc(C(=O)OCc3ccccc3)c(C(=O)OCc3ccccc3)nc1c1nc(C(=O)OCc3ccccc3)c(C(=O)OCc3ccccc3)nc21. The Hall–Kier alpha value is -9.31. The van der Waals surface area contributed by atoms with E-state index < -0.39 is 52.6 Å². The molecule has 0 saturated heterocycles. The van der Waals surface area contributed by atoms with Gasteiger partial charge >= 0.3 is 29.8 Å². The highest BCUT2D eigenvalue weighted by molar-refractivity contribution is 6.20. The second-order valence-electron chi connectivity index (χ2n) is 15.4. The van der Waals surface area contributed by atoms with Gasteiger partial charge in [0, 0.05) is 0 Å². The predicted molar refractivity (Wildman–Crippen MR) is 248 cm³/mol. The average Bonchev–Trinajstić information content (AvgIpc) is 3.40. The van der Waals surface area contributed by atoms with Crippen LogP contribution in [0.3, 0.4) is 0 Å². The van der Waals surface area contributed by atoms with Crippen molar-refractivity contribution >= 4 is 62.9 Å². The molecule has 69 heavy (non-hydrogen) atoms. The molecule has 0 fully saturated rings. The van der Waals surface area contributed by atoms with E-state index in [9.17, 15) is 24.0 Å². The Kier molecular flexibility index (Phi) is 13.3. The molecular weight excluding hydrogens is 881 g/mol. The first-order valence-electron chi connectivity index (χ1n) is 21.5. The third-order valence-corrected chi connectivity index (χ3v) is 10.6. The number of aryl methyl sites for hydroxylation is 1. The van der Waals surface area contributed by atoms with Crippen molar-refractivity contribution in [2.45, 2.75) is 40.0 Å². The van der Waals surface area contributed by atoms with Crippen LogP contribution in [0.25, 0.3) is 33.1 Å². The summed E-state index contributed by atoms with van der Waals surface area (Å²) in [4.78, 5) is 98.5. The Bertz CT molecular complexity index is 3290. The molecule has 6 aromatic carbocycles. The van der Waals surface area contributed by atoms with Gasteiger partial charge in [0.1, 0.15) is 66.1 Å². The molecule has 0 aliphatic heterocycles. The molecule has 9 aromatic rings. The summed E-state index contributed by atoms with van der Waals surface area (Å²) in [6.45, 7) is 0.634. The van der Waals surface area contributed by atoms with Gasteiger partial charge in [-0.1, -0.05) is 152 Å². The molecule has 340 valence electrons. The monoisotopic (exact) mass is 918 g/mol. The number of fused-ring (bicyclic) bond motifs is 6. The summed E-state index contributed by atoms with van der Waals surface area (Å²) in [5.74, 6) is -5.05. The summed E-state index contributed by atoms with van der Waals surface area (Å²) in [7, 11) is 0. The molecule has 0 saturated carbocycles. The normalized spacial score (nSPS) is 11.0. The van der Waals surface area contributed by atoms with Gasteiger partial charge in [-0.05, 0) is 34.7 Å². The Morgan fingerprint density at radius 3 is 0.710 bits per heavy atom. The molecule has 0 radical (unpaired) electrons. The van der Waals surface area contributed by atoms with Crippen LogP contribution < -0.4 is 0 Å². The van der Waals surface area contributed by atoms with Gasteiger partial charge in [0.05, 0.1) is 5.69 Å². The number of rotatable bonds is 15. The van der Waals surface area contributed by atoms with Gasteiger partial charge in [0.2, 0.25) is 0 Å². The molecular formula is C53H38N6O10. The number of carbonyl (C=O) groups is 5. The average molecular weight is 919 g/mol. The van der Waals surface area contributed by atoms with Crippen LogP contribution in [0, 0.1) is 6.92 Å². The Labute approximate surface area is 392 Å². The quantitative estimate of drug-likeness (QED) is 0.0535. The second-order valence-corrected chi connectivity index (χ2v) is 15.4. The smallest absolute Gasteiger partial charge is 0.359 e. The summed E-state index contributed by atoms with van der Waals surface area (Å²) < 4.78 is 28.4. The van der Waals surface area contributed by atoms with Gasteiger partial charge in [-0.3, -0.25) is 0 Å². The summed E-state index contributed by atoms with van der Waals surface area (Å²) >= 11 is 0. The number of benzene rings is 6. The molecule has 0 spiro atoms. The lowest BCUT2D eigenvalue weighted by Gasteiger charge is -2.15. The first kappa shape index (κ1) is 44.9. The van der Waals surface area contributed by atoms with Crippen LogP contribution in [0.4, 0.5) is 0 Å². The van der Waals surface area contributed by atoms with Gasteiger partial charge in [-0.2, -0.15) is 0 Å². The van der Waals surface area contributed by atoms with Crippen molar-refractivity contribution in [2.75, 3.05) is 0 Å². The van der Waals surface area contributed by atoms with Crippen LogP contribution in [0.15, 0.2) is 152 Å². The molecule has 0 atom stereocenters. The van der Waals surface area contributed by atoms with E-state index in [-0.39, 0.29) is 77.5 Å². The third-order valence-electron chi connectivity index (χ3n) is 10.6. The number of ether oxygens (including phenoxy) is 5. The molecule has 16 heteroatoms. The van der Waals surface area contributed by atoms with E-state index in [1.54, 1.807) is 140 Å². The molecule has 0 amide bonds. The van der Waals surface area contributed by atoms with Crippen LogP contribution in [-0.2, 0) is 56.7 Å². The summed E-state index contributed by atoms with van der Waals surface area (Å²) in [6, 6.07) is 44.4. The fraction of sp³-hybridized carbons (Fsp3) is 0.113. The third kappa shape index (κ3) is 10.2. The van der Waals surface area contributed by atoms with Crippen molar-refractivity contribution in [2.24, 2.45) is 0 Å². The molecule has 0 bridgehead atoms. The number of aromatic nitrogens is 6. The summed E-state index contributed by atoms with van der Waals surface area (Å²) in [5.41, 5.74) is -0.128. The van der Waals surface area contributed by atoms with Crippen LogP contribution in [0.2, 0.25) is 0 Å². The summed E-state index contributed by atoms with van der Waals surface area (Å²) in [6.07, 6.45) is 0. The minimum Gasteiger partial charge on any atom is -0.456 e. The number of nitrogens with zero attached hydrogens (tertiary/aromatic N) is 6. The molecule has 16 nitrogen and oxygen atoms in total. The van der Waals surface area contributed by atoms with Gasteiger partial charge in [0.15, 0.2) is 28.5 Å². The number of carbonyl (C=O) groups excluding carboxylic acids is 5. The lowest BCUT2D eigenvalue weighted by atomic mass is 10.1. The van der Waals surface area contributed by atoms with E-state index in [1.165, 1.54) is 6.92 Å². The van der Waals surface area contributed by atoms with E-state index in [0.29, 0.717) is 27.8 Å². The lowest BCUT2D eigenvalue weighted by molar-refractivity contribution is 0.0414. The minimum absolute atomic E-state index is 0.0688. The Morgan fingerprint density at radius 1 is 0.290 bits per heavy atom. The fourth-order valence-corrected chi connectivity index (χ4v) is 7.10. The van der Waals surface area contributed by atoms with E-state index in [1.807, 2.05) is 12.1 Å². The van der Waals surface area contributed by atoms with E-state index in [0.717, 1.165) is 0 Å². The fourth-order valence-electron chi connectivity index (χ4n) is 7.10. The van der Waals surface area contributed by atoms with E-state index >= 15 is 0 Å². The van der Waals surface area contributed by atoms with Crippen LogP contribution >= 0.6 is 0 Å². The zero-order valence-corrected chi connectivity index (χ0v) is 36.7. The van der Waals surface area contributed by atoms with Crippen LogP contribution in [0.5, 0.6) is 0 Å². The first-order chi connectivity index (χ1) is 33.7. The Balaban J connectivity index is 1.25. The van der Waals surface area contributed by atoms with Gasteiger partial charge in [0.25, 0.3) is 0 Å². The maximum atomic E-state index is 14.2. The van der Waals surface area contributed by atoms with Gasteiger partial charge in [-0.25, -0.2) is 53.9 Å². The van der Waals surface area contributed by atoms with Crippen LogP contribution in [-0.4, -0.2) is 59.8 Å². The van der Waals surface area contributed by atoms with E-state index in [4.69, 9.17) is 33.7 Å². The topological polar surface area (TPSA) is 209 Å². The number of hydrogen-bond acceptors (Lipinski definition) is 16. The highest BCUT2D eigenvalue weighted by Crippen LogP contribution is 2.33. The van der Waals surface area contributed by atoms with Crippen molar-refractivity contribution in [1.82, 2.24) is 29.9 Å². The molecule has 0 unspecified atom stereocenters. The lowest BCUT2D eigenvalue weighted by Crippen LogP contribution is -2.20. The minimum atomic E-state index is -1.06. The molecule has 0 N–H and O–H groups in total. The summed E-state index contributed by atoms with van der Waals surface area (Å²) in [5, 5.41) is 0. The highest BCUT2D eigenvalue weighted by atomic mass is 16.6. The zero-order valence-electron chi connectivity index (χ0n) is 36.7. The molecule has 3 aromatic heterocycles. The second kappa shape index (κ2) is 20.5. The largest absolute Gasteiger partial charge is 0.456 e. The number of esters is 5. The Morgan fingerprint density at radius 2 is 0.478 bits per heavy atom.